The van der Waals surface area contributed by atoms with Crippen molar-refractivity contribution < 1.29 is 9.59 Å². The van der Waals surface area contributed by atoms with Crippen molar-refractivity contribution in [3.05, 3.63) is 36.5 Å². The Labute approximate surface area is 139 Å². The van der Waals surface area contributed by atoms with Gasteiger partial charge in [0.05, 0.1) is 17.6 Å². The van der Waals surface area contributed by atoms with E-state index in [0.717, 1.165) is 11.3 Å². The van der Waals surface area contributed by atoms with E-state index in [9.17, 15) is 9.59 Å². The quantitative estimate of drug-likeness (QED) is 0.751. The molecular formula is C16H20N4O2S. The van der Waals surface area contributed by atoms with Gasteiger partial charge in [0.1, 0.15) is 0 Å². The Bertz CT molecular complexity index is 677. The second-order valence-corrected chi connectivity index (χ2v) is 6.97. The molecule has 1 aromatic carbocycles. The van der Waals surface area contributed by atoms with Crippen LogP contribution in [-0.2, 0) is 4.79 Å². The summed E-state index contributed by atoms with van der Waals surface area (Å²) in [6, 6.07) is 9.31. The van der Waals surface area contributed by atoms with Crippen molar-refractivity contribution in [1.29, 1.82) is 0 Å². The fourth-order valence-corrected chi connectivity index (χ4v) is 2.46. The summed E-state index contributed by atoms with van der Waals surface area (Å²) in [4.78, 5) is 30.7. The number of aromatic amines is 1. The van der Waals surface area contributed by atoms with Gasteiger partial charge in [-0.1, -0.05) is 42.1 Å². The number of hydrogen-bond acceptors (Lipinski definition) is 4. The predicted octanol–water partition coefficient (Wildman–Crippen LogP) is 2.79. The van der Waals surface area contributed by atoms with E-state index in [0.29, 0.717) is 5.16 Å². The Morgan fingerprint density at radius 2 is 1.91 bits per heavy atom. The number of imidazole rings is 1. The number of carbonyl (C=O) groups is 2. The third kappa shape index (κ3) is 5.78. The molecule has 7 heteroatoms. The summed E-state index contributed by atoms with van der Waals surface area (Å²) in [6.45, 7) is 5.54. The summed E-state index contributed by atoms with van der Waals surface area (Å²) in [5, 5.41) is 5.60. The van der Waals surface area contributed by atoms with Crippen LogP contribution >= 0.6 is 11.8 Å². The highest BCUT2D eigenvalue weighted by Crippen LogP contribution is 2.20. The average Bonchev–Trinajstić information content (AvgIpc) is 2.93. The minimum Gasteiger partial charge on any atom is -0.333 e. The molecule has 1 aromatic heterocycles. The third-order valence-corrected chi connectivity index (χ3v) is 3.61. The lowest BCUT2D eigenvalue weighted by atomic mass is 10.1. The van der Waals surface area contributed by atoms with Crippen molar-refractivity contribution in [2.24, 2.45) is 0 Å². The summed E-state index contributed by atoms with van der Waals surface area (Å²) in [7, 11) is 0. The topological polar surface area (TPSA) is 86.9 Å². The molecular weight excluding hydrogens is 312 g/mol. The van der Waals surface area contributed by atoms with Gasteiger partial charge < -0.3 is 10.3 Å². The molecule has 0 aliphatic heterocycles. The number of rotatable bonds is 4. The van der Waals surface area contributed by atoms with Crippen LogP contribution in [0.1, 0.15) is 20.8 Å². The standard InChI is InChI=1S/C16H20N4O2S/c1-16(2,3)20-14(22)19-13(21)10-23-15-17-9-12(18-15)11-7-5-4-6-8-11/h4-9H,10H2,1-3H3,(H,17,18)(H2,19,20,21,22). The van der Waals surface area contributed by atoms with E-state index in [-0.39, 0.29) is 17.2 Å². The van der Waals surface area contributed by atoms with Crippen LogP contribution in [-0.4, -0.2) is 33.2 Å². The van der Waals surface area contributed by atoms with Gasteiger partial charge in [-0.2, -0.15) is 0 Å². The minimum absolute atomic E-state index is 0.110. The molecule has 0 unspecified atom stereocenters. The molecule has 3 N–H and O–H groups in total. The molecule has 0 bridgehead atoms. The maximum atomic E-state index is 11.8. The minimum atomic E-state index is -0.493. The molecule has 3 amide bonds. The molecule has 23 heavy (non-hydrogen) atoms. The molecule has 0 saturated carbocycles. The summed E-state index contributed by atoms with van der Waals surface area (Å²) in [6.07, 6.45) is 1.72. The Kier molecular flexibility index (Phi) is 5.44. The highest BCUT2D eigenvalue weighted by Gasteiger charge is 2.16. The number of thioether (sulfide) groups is 1. The summed E-state index contributed by atoms with van der Waals surface area (Å²) in [5.41, 5.74) is 1.53. The van der Waals surface area contributed by atoms with E-state index in [1.165, 1.54) is 11.8 Å². The Morgan fingerprint density at radius 1 is 1.22 bits per heavy atom. The van der Waals surface area contributed by atoms with Crippen molar-refractivity contribution in [2.75, 3.05) is 5.75 Å². The zero-order valence-electron chi connectivity index (χ0n) is 13.3. The number of imide groups is 1. The fourth-order valence-electron chi connectivity index (χ4n) is 1.81. The van der Waals surface area contributed by atoms with Crippen molar-refractivity contribution >= 4 is 23.7 Å². The molecule has 0 aliphatic carbocycles. The van der Waals surface area contributed by atoms with E-state index in [4.69, 9.17) is 0 Å². The average molecular weight is 332 g/mol. The van der Waals surface area contributed by atoms with Crippen molar-refractivity contribution in [3.63, 3.8) is 0 Å². The van der Waals surface area contributed by atoms with Crippen LogP contribution in [0.5, 0.6) is 0 Å². The van der Waals surface area contributed by atoms with Gasteiger partial charge in [0.15, 0.2) is 5.16 Å². The van der Waals surface area contributed by atoms with Gasteiger partial charge >= 0.3 is 6.03 Å². The van der Waals surface area contributed by atoms with E-state index in [1.807, 2.05) is 51.1 Å². The zero-order valence-corrected chi connectivity index (χ0v) is 14.2. The van der Waals surface area contributed by atoms with Crippen LogP contribution in [0.25, 0.3) is 11.3 Å². The van der Waals surface area contributed by atoms with Gasteiger partial charge in [-0.3, -0.25) is 10.1 Å². The Balaban J connectivity index is 1.83. The number of aromatic nitrogens is 2. The summed E-state index contributed by atoms with van der Waals surface area (Å²) in [5.74, 6) is -0.256. The van der Waals surface area contributed by atoms with Gasteiger partial charge in [-0.05, 0) is 26.3 Å². The first-order valence-corrected chi connectivity index (χ1v) is 8.17. The maximum Gasteiger partial charge on any atom is 0.321 e. The Hall–Kier alpha value is -2.28. The van der Waals surface area contributed by atoms with E-state index >= 15 is 0 Å². The van der Waals surface area contributed by atoms with Crippen LogP contribution in [0.2, 0.25) is 0 Å². The smallest absolute Gasteiger partial charge is 0.321 e. The lowest BCUT2D eigenvalue weighted by Crippen LogP contribution is -2.48. The van der Waals surface area contributed by atoms with Crippen LogP contribution in [0.15, 0.2) is 41.7 Å². The maximum absolute atomic E-state index is 11.8. The molecule has 2 aromatic rings. The van der Waals surface area contributed by atoms with Gasteiger partial charge in [-0.15, -0.1) is 0 Å². The SMILES string of the molecule is CC(C)(C)NC(=O)NC(=O)CSc1ncc(-c2ccccc2)[nH]1. The number of urea groups is 1. The molecule has 0 fully saturated rings. The molecule has 6 nitrogen and oxygen atoms in total. The molecule has 0 aliphatic rings. The van der Waals surface area contributed by atoms with Crippen LogP contribution in [0, 0.1) is 0 Å². The van der Waals surface area contributed by atoms with E-state index in [1.54, 1.807) is 6.20 Å². The molecule has 0 spiro atoms. The molecule has 122 valence electrons. The number of H-pyrrole nitrogens is 1. The highest BCUT2D eigenvalue weighted by atomic mass is 32.2. The van der Waals surface area contributed by atoms with E-state index in [2.05, 4.69) is 20.6 Å². The van der Waals surface area contributed by atoms with Gasteiger partial charge in [0, 0.05) is 5.54 Å². The normalized spacial score (nSPS) is 11.1. The molecule has 0 saturated heterocycles. The summed E-state index contributed by atoms with van der Waals surface area (Å²) < 4.78 is 0. The molecule has 0 radical (unpaired) electrons. The number of nitrogens with one attached hydrogen (secondary N) is 3. The van der Waals surface area contributed by atoms with E-state index < -0.39 is 6.03 Å². The first-order chi connectivity index (χ1) is 10.8. The first-order valence-electron chi connectivity index (χ1n) is 7.19. The van der Waals surface area contributed by atoms with Gasteiger partial charge in [0.25, 0.3) is 0 Å². The largest absolute Gasteiger partial charge is 0.333 e. The van der Waals surface area contributed by atoms with Gasteiger partial charge in [0.2, 0.25) is 5.91 Å². The number of hydrogen-bond donors (Lipinski definition) is 3. The number of benzene rings is 1. The van der Waals surface area contributed by atoms with Crippen molar-refractivity contribution in [1.82, 2.24) is 20.6 Å². The molecule has 1 heterocycles. The summed E-state index contributed by atoms with van der Waals surface area (Å²) >= 11 is 1.25. The highest BCUT2D eigenvalue weighted by molar-refractivity contribution is 7.99. The van der Waals surface area contributed by atoms with Crippen LogP contribution in [0.4, 0.5) is 4.79 Å². The van der Waals surface area contributed by atoms with Crippen molar-refractivity contribution in [3.8, 4) is 11.3 Å². The number of nitrogens with zero attached hydrogens (tertiary/aromatic N) is 1. The van der Waals surface area contributed by atoms with Gasteiger partial charge in [-0.25, -0.2) is 9.78 Å². The third-order valence-electron chi connectivity index (χ3n) is 2.72. The molecule has 0 atom stereocenters. The molecule has 2 rings (SSSR count). The second-order valence-electron chi connectivity index (χ2n) is 6.01. The predicted molar refractivity (Wildman–Crippen MR) is 91.2 cm³/mol. The lowest BCUT2D eigenvalue weighted by Gasteiger charge is -2.20. The fraction of sp³-hybridized carbons (Fsp3) is 0.312. The monoisotopic (exact) mass is 332 g/mol. The van der Waals surface area contributed by atoms with Crippen LogP contribution in [0.3, 0.4) is 0 Å². The first kappa shape index (κ1) is 17.1. The second kappa shape index (κ2) is 7.32. The zero-order chi connectivity index (χ0) is 16.9. The van der Waals surface area contributed by atoms with Crippen LogP contribution < -0.4 is 10.6 Å². The lowest BCUT2D eigenvalue weighted by molar-refractivity contribution is -0.117. The number of amides is 3. The Morgan fingerprint density at radius 3 is 2.57 bits per heavy atom. The van der Waals surface area contributed by atoms with Crippen molar-refractivity contribution in [2.45, 2.75) is 31.5 Å². The number of carbonyl (C=O) groups excluding carboxylic acids is 2.